The number of hydrogen-bond donors (Lipinski definition) is 0. The fraction of sp³-hybridized carbons (Fsp3) is 0.316. The number of hydrogen-bond acceptors (Lipinski definition) is 1. The van der Waals surface area contributed by atoms with Gasteiger partial charge in [0.1, 0.15) is 5.82 Å². The third kappa shape index (κ3) is 4.17. The van der Waals surface area contributed by atoms with Gasteiger partial charge in [-0.25, -0.2) is 9.38 Å². The van der Waals surface area contributed by atoms with Crippen LogP contribution in [0.1, 0.15) is 29.2 Å². The molecule has 0 radical (unpaired) electrons. The van der Waals surface area contributed by atoms with Gasteiger partial charge in [-0.3, -0.25) is 0 Å². The molecule has 0 heterocycles. The van der Waals surface area contributed by atoms with Crippen molar-refractivity contribution in [1.29, 1.82) is 0 Å². The first-order chi connectivity index (χ1) is 10.5. The molecule has 2 aromatic rings. The van der Waals surface area contributed by atoms with Crippen LogP contribution in [0.4, 0.5) is 10.1 Å². The highest BCUT2D eigenvalue weighted by Crippen LogP contribution is 2.25. The van der Waals surface area contributed by atoms with Crippen LogP contribution in [0.3, 0.4) is 0 Å². The number of nitrogens with zero attached hydrogens (tertiary/aromatic N) is 2. The molecule has 0 aliphatic rings. The van der Waals surface area contributed by atoms with Gasteiger partial charge in [-0.05, 0) is 67.6 Å². The largest absolute Gasteiger partial charge is 0.366 e. The second kappa shape index (κ2) is 7.21. The quantitative estimate of drug-likeness (QED) is 0.580. The third-order valence-corrected chi connectivity index (χ3v) is 3.83. The van der Waals surface area contributed by atoms with Crippen molar-refractivity contribution >= 4 is 12.0 Å². The molecule has 0 saturated carbocycles. The zero-order valence-corrected chi connectivity index (χ0v) is 13.7. The number of aryl methyl sites for hydroxylation is 2. The Kier molecular flexibility index (Phi) is 5.31. The third-order valence-electron chi connectivity index (χ3n) is 3.83. The van der Waals surface area contributed by atoms with E-state index < -0.39 is 0 Å². The van der Waals surface area contributed by atoms with Crippen LogP contribution in [0.25, 0.3) is 0 Å². The first kappa shape index (κ1) is 16.2. The minimum Gasteiger partial charge on any atom is -0.366 e. The number of aliphatic imine (C=N–C) groups is 1. The molecule has 2 rings (SSSR count). The van der Waals surface area contributed by atoms with Crippen molar-refractivity contribution in [1.82, 2.24) is 4.90 Å². The predicted octanol–water partition coefficient (Wildman–Crippen LogP) is 4.64. The Balaban J connectivity index is 2.24. The lowest BCUT2D eigenvalue weighted by atomic mass is 9.97. The van der Waals surface area contributed by atoms with Crippen molar-refractivity contribution in [3.05, 3.63) is 64.5 Å². The highest BCUT2D eigenvalue weighted by molar-refractivity contribution is 5.64. The average molecular weight is 298 g/mol. The summed E-state index contributed by atoms with van der Waals surface area (Å²) in [6.07, 6.45) is 2.59. The van der Waals surface area contributed by atoms with E-state index in [0.717, 1.165) is 29.8 Å². The summed E-state index contributed by atoms with van der Waals surface area (Å²) in [5, 5.41) is 0. The Hall–Kier alpha value is -2.16. The zero-order valence-electron chi connectivity index (χ0n) is 13.7. The first-order valence-electron chi connectivity index (χ1n) is 7.58. The van der Waals surface area contributed by atoms with Crippen molar-refractivity contribution in [2.24, 2.45) is 4.99 Å². The normalized spacial score (nSPS) is 11.1. The lowest BCUT2D eigenvalue weighted by molar-refractivity contribution is 0.552. The number of rotatable bonds is 5. The molecule has 3 heteroatoms. The first-order valence-corrected chi connectivity index (χ1v) is 7.58. The summed E-state index contributed by atoms with van der Waals surface area (Å²) in [6.45, 7) is 7.16. The fourth-order valence-corrected chi connectivity index (χ4v) is 2.30. The second-order valence-corrected chi connectivity index (χ2v) is 5.69. The standard InChI is InChI=1S/C19H23FN2/c1-5-22(4)13-21-19-10-14(2)17(9-15(19)3)11-16-7-6-8-18(20)12-16/h6-10,12-13H,5,11H2,1-4H3/b21-13+. The summed E-state index contributed by atoms with van der Waals surface area (Å²) >= 11 is 0. The van der Waals surface area contributed by atoms with E-state index in [2.05, 4.69) is 37.9 Å². The number of halogens is 1. The van der Waals surface area contributed by atoms with E-state index in [1.54, 1.807) is 12.1 Å². The summed E-state index contributed by atoms with van der Waals surface area (Å²) in [5.74, 6) is -0.185. The lowest BCUT2D eigenvalue weighted by Gasteiger charge is -2.12. The highest BCUT2D eigenvalue weighted by Gasteiger charge is 2.06. The smallest absolute Gasteiger partial charge is 0.123 e. The van der Waals surface area contributed by atoms with Crippen LogP contribution in [-0.2, 0) is 6.42 Å². The van der Waals surface area contributed by atoms with Crippen molar-refractivity contribution < 1.29 is 4.39 Å². The van der Waals surface area contributed by atoms with E-state index in [1.165, 1.54) is 17.2 Å². The molecule has 2 aromatic carbocycles. The van der Waals surface area contributed by atoms with Crippen LogP contribution in [0, 0.1) is 19.7 Å². The molecule has 0 unspecified atom stereocenters. The minimum atomic E-state index is -0.185. The van der Waals surface area contributed by atoms with Gasteiger partial charge in [0.15, 0.2) is 0 Å². The van der Waals surface area contributed by atoms with Crippen LogP contribution in [0.15, 0.2) is 41.4 Å². The van der Waals surface area contributed by atoms with Crippen LogP contribution in [0.5, 0.6) is 0 Å². The van der Waals surface area contributed by atoms with E-state index >= 15 is 0 Å². The molecule has 0 aliphatic carbocycles. The van der Waals surface area contributed by atoms with Gasteiger partial charge in [0.05, 0.1) is 12.0 Å². The van der Waals surface area contributed by atoms with Crippen molar-refractivity contribution in [2.75, 3.05) is 13.6 Å². The van der Waals surface area contributed by atoms with Crippen molar-refractivity contribution in [3.8, 4) is 0 Å². The Labute approximate surface area is 132 Å². The molecule has 0 amide bonds. The summed E-state index contributed by atoms with van der Waals surface area (Å²) in [6, 6.07) is 11.0. The van der Waals surface area contributed by atoms with E-state index in [1.807, 2.05) is 24.4 Å². The maximum Gasteiger partial charge on any atom is 0.123 e. The van der Waals surface area contributed by atoms with Crippen LogP contribution >= 0.6 is 0 Å². The molecule has 0 saturated heterocycles. The average Bonchev–Trinajstić information content (AvgIpc) is 2.49. The van der Waals surface area contributed by atoms with E-state index in [4.69, 9.17) is 0 Å². The number of benzene rings is 2. The molecular weight excluding hydrogens is 275 g/mol. The molecule has 0 aliphatic heterocycles. The predicted molar refractivity (Wildman–Crippen MR) is 91.6 cm³/mol. The molecule has 0 aromatic heterocycles. The molecule has 22 heavy (non-hydrogen) atoms. The van der Waals surface area contributed by atoms with Crippen molar-refractivity contribution in [2.45, 2.75) is 27.2 Å². The highest BCUT2D eigenvalue weighted by atomic mass is 19.1. The van der Waals surface area contributed by atoms with Gasteiger partial charge in [-0.2, -0.15) is 0 Å². The molecule has 0 spiro atoms. The monoisotopic (exact) mass is 298 g/mol. The summed E-state index contributed by atoms with van der Waals surface area (Å²) in [5.41, 5.74) is 5.51. The van der Waals surface area contributed by atoms with Gasteiger partial charge in [-0.1, -0.05) is 18.2 Å². The van der Waals surface area contributed by atoms with E-state index in [-0.39, 0.29) is 5.82 Å². The van der Waals surface area contributed by atoms with Crippen molar-refractivity contribution in [3.63, 3.8) is 0 Å². The minimum absolute atomic E-state index is 0.185. The Morgan fingerprint density at radius 1 is 1.14 bits per heavy atom. The molecule has 0 atom stereocenters. The summed E-state index contributed by atoms with van der Waals surface area (Å²) < 4.78 is 13.3. The van der Waals surface area contributed by atoms with Gasteiger partial charge in [0.25, 0.3) is 0 Å². The van der Waals surface area contributed by atoms with Crippen LogP contribution < -0.4 is 0 Å². The topological polar surface area (TPSA) is 15.6 Å². The van der Waals surface area contributed by atoms with Gasteiger partial charge < -0.3 is 4.90 Å². The molecular formula is C19H23FN2. The van der Waals surface area contributed by atoms with Crippen LogP contribution in [-0.4, -0.2) is 24.8 Å². The lowest BCUT2D eigenvalue weighted by Crippen LogP contribution is -2.14. The second-order valence-electron chi connectivity index (χ2n) is 5.69. The summed E-state index contributed by atoms with van der Waals surface area (Å²) in [7, 11) is 2.00. The van der Waals surface area contributed by atoms with E-state index in [9.17, 15) is 4.39 Å². The van der Waals surface area contributed by atoms with Gasteiger partial charge in [-0.15, -0.1) is 0 Å². The van der Waals surface area contributed by atoms with E-state index in [0.29, 0.717) is 0 Å². The van der Waals surface area contributed by atoms with Gasteiger partial charge >= 0.3 is 0 Å². The van der Waals surface area contributed by atoms with Crippen LogP contribution in [0.2, 0.25) is 0 Å². The molecule has 116 valence electrons. The van der Waals surface area contributed by atoms with Gasteiger partial charge in [0.2, 0.25) is 0 Å². The Morgan fingerprint density at radius 2 is 1.91 bits per heavy atom. The summed E-state index contributed by atoms with van der Waals surface area (Å²) in [4.78, 5) is 6.58. The Bertz CT molecular complexity index is 677. The fourth-order valence-electron chi connectivity index (χ4n) is 2.30. The maximum atomic E-state index is 13.3. The molecule has 0 bridgehead atoms. The zero-order chi connectivity index (χ0) is 16.1. The molecule has 0 fully saturated rings. The molecule has 2 nitrogen and oxygen atoms in total. The Morgan fingerprint density at radius 3 is 2.59 bits per heavy atom. The van der Waals surface area contributed by atoms with Gasteiger partial charge in [0, 0.05) is 13.6 Å². The maximum absolute atomic E-state index is 13.3. The molecule has 0 N–H and O–H groups in total. The SMILES string of the molecule is CCN(C)/C=N/c1cc(C)c(Cc2cccc(F)c2)cc1C.